The van der Waals surface area contributed by atoms with Crippen LogP contribution in [-0.4, -0.2) is 42.6 Å². The quantitative estimate of drug-likeness (QED) is 0.0376. The Morgan fingerprint density at radius 1 is 0.426 bits per heavy atom. The molecule has 0 saturated heterocycles. The monoisotopic (exact) mass is 808 g/mol. The van der Waals surface area contributed by atoms with E-state index in [0.29, 0.717) is 11.5 Å². The van der Waals surface area contributed by atoms with Gasteiger partial charge in [0.05, 0.1) is 0 Å². The first-order valence-corrected chi connectivity index (χ1v) is 28.2. The first-order valence-electron chi connectivity index (χ1n) is 20.6. The van der Waals surface area contributed by atoms with E-state index >= 15 is 0 Å². The van der Waals surface area contributed by atoms with Gasteiger partial charge in [0.15, 0.2) is 0 Å². The van der Waals surface area contributed by atoms with Gasteiger partial charge in [-0.1, -0.05) is 52.4 Å². The average Bonchev–Trinajstić information content (AvgIpc) is 3.07. The van der Waals surface area contributed by atoms with Crippen molar-refractivity contribution in [2.45, 2.75) is 216 Å². The molecule has 0 spiro atoms. The Morgan fingerprint density at radius 3 is 0.936 bits per heavy atom. The van der Waals surface area contributed by atoms with Gasteiger partial charge in [0.25, 0.3) is 0 Å². The van der Waals surface area contributed by atoms with Crippen molar-refractivity contribution in [3.8, 4) is 0 Å². The van der Waals surface area contributed by atoms with Gasteiger partial charge in [-0.05, 0) is 0 Å². The topological polar surface area (TPSA) is 52.6 Å². The van der Waals surface area contributed by atoms with Gasteiger partial charge in [0.1, 0.15) is 0 Å². The van der Waals surface area contributed by atoms with E-state index in [2.05, 4.69) is 53.0 Å². The van der Waals surface area contributed by atoms with Crippen molar-refractivity contribution in [1.29, 1.82) is 0 Å². The summed E-state index contributed by atoms with van der Waals surface area (Å²) in [4.78, 5) is 27.2. The zero-order valence-corrected chi connectivity index (χ0v) is 36.5. The first kappa shape index (κ1) is 47.4. The smallest absolute Gasteiger partial charge is 0.0654 e. The molecule has 4 nitrogen and oxygen atoms in total. The molecule has 0 aromatic carbocycles. The van der Waals surface area contributed by atoms with E-state index in [1.807, 2.05) is 0 Å². The number of unbranched alkanes of at least 4 members (excludes halogenated alkanes) is 22. The van der Waals surface area contributed by atoms with Crippen molar-refractivity contribution < 1.29 is 15.7 Å². The Labute approximate surface area is 310 Å². The number of hydrogen-bond acceptors (Lipinski definition) is 6. The van der Waals surface area contributed by atoms with Gasteiger partial charge in [-0.15, -0.1) is 0 Å². The van der Waals surface area contributed by atoms with E-state index in [-0.39, 0.29) is 23.8 Å². The Kier molecular flexibility index (Phi) is 35.2. The van der Waals surface area contributed by atoms with Gasteiger partial charge in [0.2, 0.25) is 0 Å². The second kappa shape index (κ2) is 34.9. The van der Waals surface area contributed by atoms with Crippen LogP contribution in [0.5, 0.6) is 0 Å². The summed E-state index contributed by atoms with van der Waals surface area (Å²) in [6.45, 7) is 8.86. The molecule has 7 heteroatoms. The second-order valence-electron chi connectivity index (χ2n) is 14.4. The van der Waals surface area contributed by atoms with Crippen molar-refractivity contribution in [3.05, 3.63) is 0 Å². The fraction of sp³-hybridized carbons (Fsp3) is 0.950. The molecule has 280 valence electrons. The van der Waals surface area contributed by atoms with Crippen molar-refractivity contribution in [2.24, 2.45) is 11.8 Å². The summed E-state index contributed by atoms with van der Waals surface area (Å²) in [5.74, 6) is 0.239. The minimum absolute atomic E-state index is 0.157. The van der Waals surface area contributed by atoms with Crippen LogP contribution < -0.4 is 0 Å². The van der Waals surface area contributed by atoms with E-state index in [1.54, 1.807) is 0 Å². The van der Waals surface area contributed by atoms with Crippen LogP contribution in [0.25, 0.3) is 0 Å². The molecule has 0 fully saturated rings. The van der Waals surface area contributed by atoms with Crippen LogP contribution in [0.4, 0.5) is 0 Å². The predicted octanol–water partition coefficient (Wildman–Crippen LogP) is 13.6. The van der Waals surface area contributed by atoms with Gasteiger partial charge >= 0.3 is 259 Å². The van der Waals surface area contributed by atoms with Gasteiger partial charge in [-0.3, -0.25) is 0 Å². The zero-order valence-electron chi connectivity index (χ0n) is 31.8. The van der Waals surface area contributed by atoms with Gasteiger partial charge in [-0.25, -0.2) is 0 Å². The molecule has 0 aliphatic rings. The molecule has 47 heavy (non-hydrogen) atoms. The molecule has 0 aliphatic carbocycles. The molecule has 0 saturated carbocycles. The van der Waals surface area contributed by atoms with Crippen molar-refractivity contribution >= 4 is 56.4 Å². The fourth-order valence-corrected chi connectivity index (χ4v) is 17.3. The van der Waals surface area contributed by atoms with Crippen LogP contribution in [0, 0.1) is 11.8 Å². The van der Waals surface area contributed by atoms with E-state index in [0.717, 1.165) is 73.1 Å². The van der Waals surface area contributed by atoms with E-state index in [4.69, 9.17) is 6.15 Å². The molecule has 0 heterocycles. The average molecular weight is 808 g/mol. The van der Waals surface area contributed by atoms with Crippen LogP contribution in [-0.2, 0) is 15.7 Å². The summed E-state index contributed by atoms with van der Waals surface area (Å²) in [5.41, 5.74) is 0. The molecule has 0 N–H and O–H groups in total. The minimum atomic E-state index is -4.01. The molecule has 2 unspecified atom stereocenters. The Hall–Kier alpha value is 0.439. The predicted molar refractivity (Wildman–Crippen MR) is 214 cm³/mol. The molecule has 0 radical (unpaired) electrons. The van der Waals surface area contributed by atoms with E-state index in [9.17, 15) is 9.59 Å². The van der Waals surface area contributed by atoms with Crippen LogP contribution in [0.2, 0.25) is 8.87 Å². The molecule has 0 rings (SSSR count). The summed E-state index contributed by atoms with van der Waals surface area (Å²) in [6, 6.07) is 0. The fourth-order valence-electron chi connectivity index (χ4n) is 6.45. The molecular formula is C40H80O4S2Sn. The molecule has 0 aliphatic heterocycles. The van der Waals surface area contributed by atoms with Crippen LogP contribution >= 0.6 is 25.3 Å². The van der Waals surface area contributed by atoms with E-state index in [1.165, 1.54) is 116 Å². The van der Waals surface area contributed by atoms with E-state index < -0.39 is 19.2 Å². The first-order chi connectivity index (χ1) is 22.9. The Balaban J connectivity index is 4.87. The molecule has 0 aromatic heterocycles. The van der Waals surface area contributed by atoms with Crippen LogP contribution in [0.1, 0.15) is 207 Å². The molecular weight excluding hydrogens is 727 g/mol. The molecule has 0 bridgehead atoms. The van der Waals surface area contributed by atoms with Gasteiger partial charge in [0, 0.05) is 0 Å². The maximum atomic E-state index is 13.6. The van der Waals surface area contributed by atoms with Gasteiger partial charge in [-0.2, -0.15) is 0 Å². The third-order valence-electron chi connectivity index (χ3n) is 9.82. The van der Waals surface area contributed by atoms with Crippen molar-refractivity contribution in [1.82, 2.24) is 0 Å². The summed E-state index contributed by atoms with van der Waals surface area (Å²) >= 11 is 5.12. The Bertz CT molecular complexity index is 650. The van der Waals surface area contributed by atoms with Gasteiger partial charge < -0.3 is 0 Å². The summed E-state index contributed by atoms with van der Waals surface area (Å²) < 4.78 is 14.5. The maximum absolute atomic E-state index is 13.6. The zero-order chi connectivity index (χ0) is 34.9. The summed E-state index contributed by atoms with van der Waals surface area (Å²) in [7, 11) is 0. The number of carbonyl (C=O) groups is 2. The standard InChI is InChI=1S/2C16H32O2S.2C4H9.Sn/c2*1-2-3-4-5-6-7-8-9-10-11-12-13-15(14-19)16(17)18;2*1-3-4-2;/h2*15,19H,2-14H2,1H3,(H,17,18);2*1,3-4H2,2H3;/q;;;;+2/p-2. The second-order valence-corrected chi connectivity index (χ2v) is 24.3. The Morgan fingerprint density at radius 2 is 0.681 bits per heavy atom. The number of carbonyl (C=O) groups excluding carboxylic acids is 2. The normalized spacial score (nSPS) is 13.1. The molecule has 0 amide bonds. The van der Waals surface area contributed by atoms with Crippen LogP contribution in [0.3, 0.4) is 0 Å². The molecule has 0 aromatic rings. The van der Waals surface area contributed by atoms with Crippen molar-refractivity contribution in [2.75, 3.05) is 11.5 Å². The number of hydrogen-bond donors (Lipinski definition) is 2. The number of rotatable bonds is 36. The third-order valence-corrected chi connectivity index (χ3v) is 20.3. The summed E-state index contributed by atoms with van der Waals surface area (Å²) in [6.07, 6.45) is 33.9. The van der Waals surface area contributed by atoms with Crippen LogP contribution in [0.15, 0.2) is 0 Å². The number of thiol groups is 2. The van der Waals surface area contributed by atoms with Crippen molar-refractivity contribution in [3.63, 3.8) is 0 Å². The SMILES string of the molecule is CCCCCCCCCCCCCC(CS)C(=O)[O][Sn]([CH2]CCC)([CH2]CCC)[O]C(=O)C(CS)CCCCCCCCCCCCC. The minimum Gasteiger partial charge on any atom is -0.0654 e. The molecule has 2 atom stereocenters. The third kappa shape index (κ3) is 26.9. The summed E-state index contributed by atoms with van der Waals surface area (Å²) in [5, 5.41) is 0.